The minimum atomic E-state index is 0.569. The van der Waals surface area contributed by atoms with Gasteiger partial charge in [0.1, 0.15) is 17.5 Å². The summed E-state index contributed by atoms with van der Waals surface area (Å²) in [5.74, 6) is 3.00. The monoisotopic (exact) mass is 270 g/mol. The minimum absolute atomic E-state index is 0.569. The van der Waals surface area contributed by atoms with Crippen molar-refractivity contribution in [1.82, 2.24) is 9.97 Å². The first-order valence-electron chi connectivity index (χ1n) is 6.94. The van der Waals surface area contributed by atoms with Crippen LogP contribution in [-0.4, -0.2) is 17.0 Å². The van der Waals surface area contributed by atoms with Gasteiger partial charge >= 0.3 is 0 Å². The minimum Gasteiger partial charge on any atom is -0.373 e. The lowest BCUT2D eigenvalue weighted by Crippen LogP contribution is -2.05. The highest BCUT2D eigenvalue weighted by Crippen LogP contribution is 2.16. The van der Waals surface area contributed by atoms with E-state index in [4.69, 9.17) is 0 Å². The summed E-state index contributed by atoms with van der Waals surface area (Å²) in [6.45, 7) is 7.06. The highest BCUT2D eigenvalue weighted by Gasteiger charge is 2.02. The van der Waals surface area contributed by atoms with Crippen molar-refractivity contribution in [3.05, 3.63) is 47.3 Å². The molecule has 0 aliphatic carbocycles. The topological polar surface area (TPSA) is 49.8 Å². The average Bonchev–Trinajstić information content (AvgIpc) is 2.45. The molecule has 1 aromatic heterocycles. The molecule has 2 rings (SSSR count). The summed E-state index contributed by atoms with van der Waals surface area (Å²) < 4.78 is 0. The van der Waals surface area contributed by atoms with E-state index in [2.05, 4.69) is 58.7 Å². The van der Waals surface area contributed by atoms with E-state index in [0.717, 1.165) is 24.0 Å². The van der Waals surface area contributed by atoms with Crippen molar-refractivity contribution in [1.29, 1.82) is 0 Å². The highest BCUT2D eigenvalue weighted by molar-refractivity contribution is 5.47. The average molecular weight is 270 g/mol. The quantitative estimate of drug-likeness (QED) is 0.872. The van der Waals surface area contributed by atoms with Gasteiger partial charge in [-0.3, -0.25) is 0 Å². The van der Waals surface area contributed by atoms with Gasteiger partial charge in [-0.2, -0.15) is 0 Å². The molecule has 0 unspecified atom stereocenters. The molecule has 1 aromatic carbocycles. The van der Waals surface area contributed by atoms with Gasteiger partial charge in [0.15, 0.2) is 0 Å². The first-order valence-corrected chi connectivity index (χ1v) is 6.94. The Kier molecular flexibility index (Phi) is 4.56. The fourth-order valence-corrected chi connectivity index (χ4v) is 2.00. The van der Waals surface area contributed by atoms with E-state index in [1.165, 1.54) is 11.1 Å². The lowest BCUT2D eigenvalue weighted by Gasteiger charge is -2.10. The number of aromatic nitrogens is 2. The standard InChI is InChI=1S/C16H22N4/c1-11(2)14-7-5-13(6-8-14)10-18-16-9-15(17-4)19-12(3)20-16/h5-9,11H,10H2,1-4H3,(H2,17,18,19,20). The van der Waals surface area contributed by atoms with E-state index < -0.39 is 0 Å². The second-order valence-electron chi connectivity index (χ2n) is 5.19. The molecule has 0 atom stereocenters. The van der Waals surface area contributed by atoms with Crippen LogP contribution in [0.3, 0.4) is 0 Å². The van der Waals surface area contributed by atoms with Crippen LogP contribution in [0, 0.1) is 6.92 Å². The Bertz CT molecular complexity index is 561. The highest BCUT2D eigenvalue weighted by atomic mass is 15.1. The Balaban J connectivity index is 2.03. The summed E-state index contributed by atoms with van der Waals surface area (Å²) in [5.41, 5.74) is 2.61. The number of anilines is 2. The number of nitrogens with one attached hydrogen (secondary N) is 2. The SMILES string of the molecule is CNc1cc(NCc2ccc(C(C)C)cc2)nc(C)n1. The molecule has 0 bridgehead atoms. The smallest absolute Gasteiger partial charge is 0.132 e. The Morgan fingerprint density at radius 2 is 1.70 bits per heavy atom. The molecular formula is C16H22N4. The van der Waals surface area contributed by atoms with Crippen LogP contribution in [0.2, 0.25) is 0 Å². The van der Waals surface area contributed by atoms with Crippen molar-refractivity contribution < 1.29 is 0 Å². The van der Waals surface area contributed by atoms with E-state index in [1.54, 1.807) is 0 Å². The number of rotatable bonds is 5. The molecule has 4 nitrogen and oxygen atoms in total. The molecule has 0 saturated carbocycles. The van der Waals surface area contributed by atoms with Crippen LogP contribution < -0.4 is 10.6 Å². The molecule has 2 N–H and O–H groups in total. The third-order valence-electron chi connectivity index (χ3n) is 3.21. The zero-order chi connectivity index (χ0) is 14.5. The van der Waals surface area contributed by atoms with E-state index in [1.807, 2.05) is 20.0 Å². The van der Waals surface area contributed by atoms with Gasteiger partial charge in [0.25, 0.3) is 0 Å². The van der Waals surface area contributed by atoms with Crippen LogP contribution in [-0.2, 0) is 6.54 Å². The molecule has 0 aliphatic heterocycles. The Morgan fingerprint density at radius 1 is 1.05 bits per heavy atom. The van der Waals surface area contributed by atoms with Crippen LogP contribution >= 0.6 is 0 Å². The molecule has 0 radical (unpaired) electrons. The van der Waals surface area contributed by atoms with E-state index >= 15 is 0 Å². The summed E-state index contributed by atoms with van der Waals surface area (Å²) in [6.07, 6.45) is 0. The first kappa shape index (κ1) is 14.3. The van der Waals surface area contributed by atoms with Crippen molar-refractivity contribution in [2.45, 2.75) is 33.2 Å². The summed E-state index contributed by atoms with van der Waals surface area (Å²) in [7, 11) is 1.86. The van der Waals surface area contributed by atoms with Crippen LogP contribution in [0.1, 0.15) is 36.7 Å². The van der Waals surface area contributed by atoms with Crippen LogP contribution in [0.15, 0.2) is 30.3 Å². The zero-order valence-electron chi connectivity index (χ0n) is 12.6. The van der Waals surface area contributed by atoms with Gasteiger partial charge in [0.05, 0.1) is 0 Å². The van der Waals surface area contributed by atoms with Crippen molar-refractivity contribution in [2.24, 2.45) is 0 Å². The van der Waals surface area contributed by atoms with Crippen LogP contribution in [0.25, 0.3) is 0 Å². The number of benzene rings is 1. The van der Waals surface area contributed by atoms with Gasteiger partial charge in [-0.15, -0.1) is 0 Å². The fourth-order valence-electron chi connectivity index (χ4n) is 2.00. The lowest BCUT2D eigenvalue weighted by atomic mass is 10.0. The first-order chi connectivity index (χ1) is 9.58. The second kappa shape index (κ2) is 6.37. The lowest BCUT2D eigenvalue weighted by molar-refractivity contribution is 0.865. The Hall–Kier alpha value is -2.10. The largest absolute Gasteiger partial charge is 0.373 e. The van der Waals surface area contributed by atoms with Gasteiger partial charge in [0.2, 0.25) is 0 Å². The number of hydrogen-bond donors (Lipinski definition) is 2. The summed E-state index contributed by atoms with van der Waals surface area (Å²) >= 11 is 0. The molecule has 0 fully saturated rings. The molecule has 20 heavy (non-hydrogen) atoms. The third kappa shape index (κ3) is 3.70. The predicted molar refractivity (Wildman–Crippen MR) is 84.2 cm³/mol. The molecule has 0 saturated heterocycles. The molecule has 1 heterocycles. The third-order valence-corrected chi connectivity index (χ3v) is 3.21. The molecule has 0 spiro atoms. The second-order valence-corrected chi connectivity index (χ2v) is 5.19. The maximum Gasteiger partial charge on any atom is 0.132 e. The number of hydrogen-bond acceptors (Lipinski definition) is 4. The Morgan fingerprint density at radius 3 is 2.30 bits per heavy atom. The summed E-state index contributed by atoms with van der Waals surface area (Å²) in [5, 5.41) is 6.37. The normalized spacial score (nSPS) is 10.7. The molecule has 106 valence electrons. The maximum absolute atomic E-state index is 4.38. The van der Waals surface area contributed by atoms with Gasteiger partial charge in [0, 0.05) is 19.7 Å². The van der Waals surface area contributed by atoms with Crippen LogP contribution in [0.4, 0.5) is 11.6 Å². The van der Waals surface area contributed by atoms with E-state index in [-0.39, 0.29) is 0 Å². The number of aryl methyl sites for hydroxylation is 1. The van der Waals surface area contributed by atoms with Crippen molar-refractivity contribution in [2.75, 3.05) is 17.7 Å². The van der Waals surface area contributed by atoms with Gasteiger partial charge in [-0.25, -0.2) is 9.97 Å². The Labute approximate surface area is 120 Å². The molecule has 0 amide bonds. The molecule has 0 aliphatic rings. The molecule has 2 aromatic rings. The van der Waals surface area contributed by atoms with Gasteiger partial charge < -0.3 is 10.6 Å². The summed E-state index contributed by atoms with van der Waals surface area (Å²) in [6, 6.07) is 10.6. The van der Waals surface area contributed by atoms with Crippen molar-refractivity contribution in [3.63, 3.8) is 0 Å². The van der Waals surface area contributed by atoms with Crippen molar-refractivity contribution >= 4 is 11.6 Å². The van der Waals surface area contributed by atoms with Gasteiger partial charge in [-0.05, 0) is 24.0 Å². The van der Waals surface area contributed by atoms with E-state index in [0.29, 0.717) is 5.92 Å². The molecule has 4 heteroatoms. The fraction of sp³-hybridized carbons (Fsp3) is 0.375. The number of nitrogens with zero attached hydrogens (tertiary/aromatic N) is 2. The van der Waals surface area contributed by atoms with E-state index in [9.17, 15) is 0 Å². The molecular weight excluding hydrogens is 248 g/mol. The van der Waals surface area contributed by atoms with Crippen LogP contribution in [0.5, 0.6) is 0 Å². The maximum atomic E-state index is 4.38. The summed E-state index contributed by atoms with van der Waals surface area (Å²) in [4.78, 5) is 8.66. The van der Waals surface area contributed by atoms with Gasteiger partial charge in [-0.1, -0.05) is 38.1 Å². The van der Waals surface area contributed by atoms with Crippen molar-refractivity contribution in [3.8, 4) is 0 Å². The zero-order valence-corrected chi connectivity index (χ0v) is 12.6. The predicted octanol–water partition coefficient (Wildman–Crippen LogP) is 3.56.